The minimum Gasteiger partial charge on any atom is -0.463 e. The van der Waals surface area contributed by atoms with Crippen LogP contribution >= 0.6 is 0 Å². The van der Waals surface area contributed by atoms with Gasteiger partial charge < -0.3 is 34.3 Å². The predicted molar refractivity (Wildman–Crippen MR) is 216 cm³/mol. The fraction of sp³-hybridized carbons (Fsp3) is 0.955. The van der Waals surface area contributed by atoms with E-state index in [0.29, 0.717) is 0 Å². The van der Waals surface area contributed by atoms with Gasteiger partial charge in [0.1, 0.15) is 31.5 Å². The Bertz CT molecular complexity index is 795. The molecule has 0 aliphatic heterocycles. The molecule has 0 amide bonds. The van der Waals surface area contributed by atoms with Gasteiger partial charge in [-0.25, -0.2) is 0 Å². The Labute approximate surface area is 326 Å². The highest BCUT2D eigenvalue weighted by atomic mass is 16.6. The first kappa shape index (κ1) is 51.7. The lowest BCUT2D eigenvalue weighted by Gasteiger charge is -2.19. The molecule has 53 heavy (non-hydrogen) atoms. The van der Waals surface area contributed by atoms with Crippen molar-refractivity contribution >= 4 is 11.9 Å². The highest BCUT2D eigenvalue weighted by molar-refractivity contribution is 5.72. The van der Waals surface area contributed by atoms with Crippen molar-refractivity contribution < 1.29 is 43.9 Å². The molecule has 0 aromatic carbocycles. The number of rotatable bonds is 41. The molecule has 0 aromatic rings. The number of carbonyl (C=O) groups excluding carboxylic acids is 2. The molecule has 5 atom stereocenters. The fourth-order valence-electron chi connectivity index (χ4n) is 6.68. The molecule has 3 N–H and O–H groups in total. The van der Waals surface area contributed by atoms with Crippen LogP contribution in [-0.4, -0.2) is 85.2 Å². The molecule has 316 valence electrons. The molecule has 0 rings (SSSR count). The van der Waals surface area contributed by atoms with Gasteiger partial charge in [0.05, 0.1) is 38.3 Å². The quantitative estimate of drug-likeness (QED) is 0.0412. The number of hydrogen-bond donors (Lipinski definition) is 3. The lowest BCUT2D eigenvalue weighted by atomic mass is 9.94. The van der Waals surface area contributed by atoms with Crippen LogP contribution in [0.4, 0.5) is 0 Å². The standard InChI is InChI=1S/C44H86O9/c1-5-9-13-17-19-22-26-30-38(28-24-16-12-8-4)43(48)52-36-41(46)34-50-32-40(45)33-51-35-42(47)37-53-44(49)39(29-25-21-15-11-7-3)31-27-23-20-18-14-10-6-2/h38-42,45-47H,5-37H2,1-4H3. The van der Waals surface area contributed by atoms with Gasteiger partial charge in [0.2, 0.25) is 0 Å². The second-order valence-electron chi connectivity index (χ2n) is 15.6. The zero-order chi connectivity index (χ0) is 39.2. The Kier molecular flexibility index (Phi) is 38.1. The second-order valence-corrected chi connectivity index (χ2v) is 15.6. The van der Waals surface area contributed by atoms with Gasteiger partial charge in [0.15, 0.2) is 0 Å². The third-order valence-corrected chi connectivity index (χ3v) is 10.1. The third-order valence-electron chi connectivity index (χ3n) is 10.1. The van der Waals surface area contributed by atoms with Crippen molar-refractivity contribution in [3.05, 3.63) is 0 Å². The number of aliphatic hydroxyl groups excluding tert-OH is 3. The summed E-state index contributed by atoms with van der Waals surface area (Å²) >= 11 is 0. The van der Waals surface area contributed by atoms with Gasteiger partial charge in [0, 0.05) is 0 Å². The van der Waals surface area contributed by atoms with Crippen LogP contribution in [0, 0.1) is 11.8 Å². The van der Waals surface area contributed by atoms with Crippen molar-refractivity contribution in [2.75, 3.05) is 39.6 Å². The highest BCUT2D eigenvalue weighted by Gasteiger charge is 2.22. The molecular weight excluding hydrogens is 672 g/mol. The van der Waals surface area contributed by atoms with E-state index in [1.807, 2.05) is 0 Å². The van der Waals surface area contributed by atoms with Crippen LogP contribution in [0.25, 0.3) is 0 Å². The minimum atomic E-state index is -0.992. The van der Waals surface area contributed by atoms with Crippen LogP contribution in [0.3, 0.4) is 0 Å². The van der Waals surface area contributed by atoms with Crippen LogP contribution in [0.1, 0.15) is 201 Å². The zero-order valence-corrected chi connectivity index (χ0v) is 35.0. The SMILES string of the molecule is CCCCCCCCCC(CCCCCC)C(=O)OCC(O)COCC(O)COCC(O)COC(=O)C(CCCCCCC)CCCCCCCCC. The van der Waals surface area contributed by atoms with E-state index in [4.69, 9.17) is 18.9 Å². The third kappa shape index (κ3) is 33.8. The van der Waals surface area contributed by atoms with Crippen LogP contribution < -0.4 is 0 Å². The summed E-state index contributed by atoms with van der Waals surface area (Å²) in [5.74, 6) is -0.746. The Hall–Kier alpha value is -1.26. The van der Waals surface area contributed by atoms with E-state index in [1.54, 1.807) is 0 Å². The molecule has 0 saturated carbocycles. The molecule has 0 saturated heterocycles. The van der Waals surface area contributed by atoms with Gasteiger partial charge in [-0.15, -0.1) is 0 Å². The number of unbranched alkanes of at least 4 members (excludes halogenated alkanes) is 19. The lowest BCUT2D eigenvalue weighted by Crippen LogP contribution is -2.31. The van der Waals surface area contributed by atoms with Gasteiger partial charge in [0.25, 0.3) is 0 Å². The minimum absolute atomic E-state index is 0.0763. The molecule has 0 spiro atoms. The van der Waals surface area contributed by atoms with Crippen LogP contribution in [0.5, 0.6) is 0 Å². The monoisotopic (exact) mass is 759 g/mol. The Morgan fingerprint density at radius 2 is 0.585 bits per heavy atom. The first-order valence-electron chi connectivity index (χ1n) is 22.3. The summed E-state index contributed by atoms with van der Waals surface area (Å²) in [6, 6.07) is 0. The van der Waals surface area contributed by atoms with E-state index < -0.39 is 18.3 Å². The summed E-state index contributed by atoms with van der Waals surface area (Å²) in [5.41, 5.74) is 0. The molecule has 0 radical (unpaired) electrons. The zero-order valence-electron chi connectivity index (χ0n) is 35.0. The summed E-state index contributed by atoms with van der Waals surface area (Å²) in [4.78, 5) is 25.8. The number of carbonyl (C=O) groups is 2. The molecule has 0 aliphatic rings. The van der Waals surface area contributed by atoms with Gasteiger partial charge in [-0.1, -0.05) is 175 Å². The molecule has 0 aliphatic carbocycles. The van der Waals surface area contributed by atoms with Crippen molar-refractivity contribution in [1.82, 2.24) is 0 Å². The molecule has 9 heteroatoms. The van der Waals surface area contributed by atoms with Crippen molar-refractivity contribution in [2.24, 2.45) is 11.8 Å². The average Bonchev–Trinajstić information content (AvgIpc) is 3.15. The van der Waals surface area contributed by atoms with Gasteiger partial charge in [-0.2, -0.15) is 0 Å². The number of hydrogen-bond acceptors (Lipinski definition) is 9. The van der Waals surface area contributed by atoms with Crippen LogP contribution in [0.2, 0.25) is 0 Å². The lowest BCUT2D eigenvalue weighted by molar-refractivity contribution is -0.153. The maximum absolute atomic E-state index is 12.9. The first-order valence-corrected chi connectivity index (χ1v) is 22.3. The summed E-state index contributed by atoms with van der Waals surface area (Å²) in [6.07, 6.45) is 27.4. The molecule has 5 unspecified atom stereocenters. The Balaban J connectivity index is 4.36. The number of aliphatic hydroxyl groups is 3. The summed E-state index contributed by atoms with van der Waals surface area (Å²) in [5, 5.41) is 31.0. The average molecular weight is 759 g/mol. The molecule has 9 nitrogen and oxygen atoms in total. The molecule has 0 fully saturated rings. The Morgan fingerprint density at radius 1 is 0.358 bits per heavy atom. The fourth-order valence-corrected chi connectivity index (χ4v) is 6.68. The molecule has 0 bridgehead atoms. The maximum Gasteiger partial charge on any atom is 0.309 e. The number of ether oxygens (including phenoxy) is 4. The normalized spacial score (nSPS) is 14.5. The number of esters is 2. The van der Waals surface area contributed by atoms with E-state index >= 15 is 0 Å². The van der Waals surface area contributed by atoms with E-state index in [-0.39, 0.29) is 63.4 Å². The van der Waals surface area contributed by atoms with Crippen molar-refractivity contribution in [2.45, 2.75) is 219 Å². The molecule has 0 aromatic heterocycles. The van der Waals surface area contributed by atoms with Crippen LogP contribution in [0.15, 0.2) is 0 Å². The van der Waals surface area contributed by atoms with E-state index in [1.165, 1.54) is 89.9 Å². The predicted octanol–water partition coefficient (Wildman–Crippen LogP) is 10.0. The summed E-state index contributed by atoms with van der Waals surface area (Å²) < 4.78 is 21.9. The maximum atomic E-state index is 12.9. The summed E-state index contributed by atoms with van der Waals surface area (Å²) in [7, 11) is 0. The van der Waals surface area contributed by atoms with Crippen molar-refractivity contribution in [3.63, 3.8) is 0 Å². The first-order chi connectivity index (χ1) is 25.8. The van der Waals surface area contributed by atoms with Gasteiger partial charge in [-0.05, 0) is 25.7 Å². The van der Waals surface area contributed by atoms with Gasteiger partial charge >= 0.3 is 11.9 Å². The van der Waals surface area contributed by atoms with Crippen molar-refractivity contribution in [3.8, 4) is 0 Å². The molecular formula is C44H86O9. The Morgan fingerprint density at radius 3 is 0.868 bits per heavy atom. The molecule has 0 heterocycles. The van der Waals surface area contributed by atoms with Crippen LogP contribution in [-0.2, 0) is 28.5 Å². The van der Waals surface area contributed by atoms with E-state index in [2.05, 4.69) is 27.7 Å². The second kappa shape index (κ2) is 39.0. The largest absolute Gasteiger partial charge is 0.463 e. The van der Waals surface area contributed by atoms with E-state index in [9.17, 15) is 24.9 Å². The highest BCUT2D eigenvalue weighted by Crippen LogP contribution is 2.22. The smallest absolute Gasteiger partial charge is 0.309 e. The van der Waals surface area contributed by atoms with Crippen molar-refractivity contribution in [1.29, 1.82) is 0 Å². The van der Waals surface area contributed by atoms with Gasteiger partial charge in [-0.3, -0.25) is 9.59 Å². The van der Waals surface area contributed by atoms with E-state index in [0.717, 1.165) is 83.5 Å². The topological polar surface area (TPSA) is 132 Å². The summed E-state index contributed by atoms with van der Waals surface area (Å²) in [6.45, 7) is 8.21.